The first-order valence-electron chi connectivity index (χ1n) is 10.1. The van der Waals surface area contributed by atoms with Crippen molar-refractivity contribution >= 4 is 31.6 Å². The van der Waals surface area contributed by atoms with Gasteiger partial charge in [0.25, 0.3) is 0 Å². The zero-order valence-corrected chi connectivity index (χ0v) is 19.9. The van der Waals surface area contributed by atoms with Crippen LogP contribution >= 0.6 is 23.5 Å². The lowest BCUT2D eigenvalue weighted by Gasteiger charge is -2.53. The summed E-state index contributed by atoms with van der Waals surface area (Å²) in [7, 11) is -1.47. The molecule has 2 rings (SSSR count). The molecule has 1 fully saturated rings. The van der Waals surface area contributed by atoms with Gasteiger partial charge in [-0.3, -0.25) is 0 Å². The largest absolute Gasteiger partial charge is 0.147 e. The van der Waals surface area contributed by atoms with Crippen molar-refractivity contribution in [1.29, 1.82) is 0 Å². The molecule has 0 unspecified atom stereocenters. The van der Waals surface area contributed by atoms with Gasteiger partial charge in [0.1, 0.15) is 0 Å². The maximum atomic E-state index is 2.65. The molecule has 0 saturated carbocycles. The summed E-state index contributed by atoms with van der Waals surface area (Å²) in [5.41, 5.74) is 3.24. The number of benzene rings is 1. The highest BCUT2D eigenvalue weighted by molar-refractivity contribution is 8.21. The molecule has 1 aromatic carbocycles. The van der Waals surface area contributed by atoms with E-state index in [0.717, 1.165) is 0 Å². The molecule has 0 radical (unpaired) electrons. The fourth-order valence-electron chi connectivity index (χ4n) is 3.62. The SMILES string of the molecule is CCCCCc1ccccc1CC1([Si](C)(C)C(C)(C)C)SCCCS1. The molecule has 1 aliphatic heterocycles. The number of thioether (sulfide) groups is 2. The highest BCUT2D eigenvalue weighted by atomic mass is 32.2. The van der Waals surface area contributed by atoms with Crippen molar-refractivity contribution < 1.29 is 0 Å². The van der Waals surface area contributed by atoms with E-state index in [4.69, 9.17) is 0 Å². The summed E-state index contributed by atoms with van der Waals surface area (Å²) in [6.45, 7) is 15.1. The molecule has 0 aliphatic carbocycles. The number of hydrogen-bond donors (Lipinski definition) is 0. The van der Waals surface area contributed by atoms with Gasteiger partial charge in [0.15, 0.2) is 0 Å². The number of aryl methyl sites for hydroxylation is 1. The van der Waals surface area contributed by atoms with Crippen molar-refractivity contribution in [2.75, 3.05) is 11.5 Å². The first-order chi connectivity index (χ1) is 11.7. The maximum absolute atomic E-state index is 2.65. The zero-order chi connectivity index (χ0) is 18.6. The summed E-state index contributed by atoms with van der Waals surface area (Å²) in [6, 6.07) is 9.31. The van der Waals surface area contributed by atoms with E-state index in [-0.39, 0.29) is 0 Å². The maximum Gasteiger partial charge on any atom is 0.0839 e. The average molecular weight is 395 g/mol. The smallest absolute Gasteiger partial charge is 0.0839 e. The molecule has 1 saturated heterocycles. The minimum atomic E-state index is -1.47. The Hall–Kier alpha value is 0.137. The number of hydrogen-bond acceptors (Lipinski definition) is 2. The molecule has 1 heterocycles. The molecule has 0 spiro atoms. The number of unbranched alkanes of at least 4 members (excludes halogenated alkanes) is 2. The van der Waals surface area contributed by atoms with Crippen LogP contribution < -0.4 is 0 Å². The third-order valence-electron chi connectivity index (χ3n) is 6.38. The van der Waals surface area contributed by atoms with Gasteiger partial charge in [0.05, 0.1) is 11.8 Å². The Morgan fingerprint density at radius 3 is 2.16 bits per heavy atom. The van der Waals surface area contributed by atoms with E-state index < -0.39 is 8.07 Å². The second-order valence-corrected chi connectivity index (χ2v) is 18.5. The van der Waals surface area contributed by atoms with Gasteiger partial charge >= 0.3 is 0 Å². The molecule has 142 valence electrons. The average Bonchev–Trinajstić information content (AvgIpc) is 2.56. The second-order valence-electron chi connectivity index (χ2n) is 9.08. The van der Waals surface area contributed by atoms with Crippen molar-refractivity contribution in [3.63, 3.8) is 0 Å². The summed E-state index contributed by atoms with van der Waals surface area (Å²) >= 11 is 4.60. The van der Waals surface area contributed by atoms with Crippen LogP contribution in [0, 0.1) is 0 Å². The summed E-state index contributed by atoms with van der Waals surface area (Å²) in [6.07, 6.45) is 7.89. The number of rotatable bonds is 7. The van der Waals surface area contributed by atoms with Gasteiger partial charge in [-0.2, -0.15) is 0 Å². The predicted molar refractivity (Wildman–Crippen MR) is 123 cm³/mol. The minimum absolute atomic E-state index is 0.421. The van der Waals surface area contributed by atoms with Gasteiger partial charge < -0.3 is 0 Å². The van der Waals surface area contributed by atoms with Crippen molar-refractivity contribution in [2.45, 2.75) is 88.1 Å². The van der Waals surface area contributed by atoms with Gasteiger partial charge in [-0.15, -0.1) is 23.5 Å². The van der Waals surface area contributed by atoms with Crippen LogP contribution in [-0.4, -0.2) is 23.3 Å². The van der Waals surface area contributed by atoms with Gasteiger partial charge in [-0.25, -0.2) is 0 Å². The summed E-state index contributed by atoms with van der Waals surface area (Å²) < 4.78 is 0.421. The highest BCUT2D eigenvalue weighted by Gasteiger charge is 2.54. The first-order valence-corrected chi connectivity index (χ1v) is 15.1. The molecular weight excluding hydrogens is 356 g/mol. The predicted octanol–water partition coefficient (Wildman–Crippen LogP) is 7.58. The standard InChI is InChI=1S/C22H38S2Si/c1-7-8-9-13-19-14-10-11-15-20(19)18-22(23-16-12-17-24-22)25(5,6)21(2,3)4/h10-11,14-15H,7-9,12-13,16-18H2,1-6H3. The Morgan fingerprint density at radius 2 is 1.60 bits per heavy atom. The molecule has 0 nitrogen and oxygen atoms in total. The molecule has 0 amide bonds. The van der Waals surface area contributed by atoms with Crippen LogP contribution in [0.1, 0.15) is 64.5 Å². The molecule has 0 bridgehead atoms. The summed E-state index contributed by atoms with van der Waals surface area (Å²) in [5.74, 6) is 2.69. The normalized spacial score (nSPS) is 18.3. The van der Waals surface area contributed by atoms with Gasteiger partial charge in [0, 0.05) is 0 Å². The van der Waals surface area contributed by atoms with Gasteiger partial charge in [0.2, 0.25) is 0 Å². The van der Waals surface area contributed by atoms with E-state index in [9.17, 15) is 0 Å². The lowest BCUT2D eigenvalue weighted by molar-refractivity contribution is 0.694. The van der Waals surface area contributed by atoms with Gasteiger partial charge in [-0.05, 0) is 53.4 Å². The van der Waals surface area contributed by atoms with Crippen LogP contribution in [0.15, 0.2) is 24.3 Å². The summed E-state index contributed by atoms with van der Waals surface area (Å²) in [5, 5.41) is 0.432. The third-order valence-corrected chi connectivity index (χ3v) is 19.1. The Balaban J connectivity index is 2.32. The Morgan fingerprint density at radius 1 is 1.00 bits per heavy atom. The topological polar surface area (TPSA) is 0 Å². The molecule has 1 aromatic rings. The fraction of sp³-hybridized carbons (Fsp3) is 0.727. The van der Waals surface area contributed by atoms with E-state index in [1.807, 2.05) is 0 Å². The Kier molecular flexibility index (Phi) is 7.62. The third kappa shape index (κ3) is 4.90. The van der Waals surface area contributed by atoms with Crippen LogP contribution in [0.3, 0.4) is 0 Å². The van der Waals surface area contributed by atoms with Crippen LogP contribution in [0.4, 0.5) is 0 Å². The van der Waals surface area contributed by atoms with Crippen molar-refractivity contribution in [2.24, 2.45) is 0 Å². The zero-order valence-electron chi connectivity index (χ0n) is 17.3. The molecule has 0 N–H and O–H groups in total. The molecule has 0 aromatic heterocycles. The van der Waals surface area contributed by atoms with Crippen LogP contribution in [-0.2, 0) is 12.8 Å². The molecular formula is C22H38S2Si. The first kappa shape index (κ1) is 21.4. The van der Waals surface area contributed by atoms with Crippen LogP contribution in [0.25, 0.3) is 0 Å². The van der Waals surface area contributed by atoms with E-state index in [1.165, 1.54) is 50.0 Å². The quantitative estimate of drug-likeness (QED) is 0.345. The second kappa shape index (κ2) is 8.88. The lowest BCUT2D eigenvalue weighted by atomic mass is 9.99. The van der Waals surface area contributed by atoms with Crippen LogP contribution in [0.2, 0.25) is 18.1 Å². The van der Waals surface area contributed by atoms with Gasteiger partial charge in [-0.1, -0.05) is 77.9 Å². The van der Waals surface area contributed by atoms with Crippen molar-refractivity contribution in [3.05, 3.63) is 35.4 Å². The molecule has 0 atom stereocenters. The minimum Gasteiger partial charge on any atom is -0.147 e. The molecule has 3 heteroatoms. The lowest BCUT2D eigenvalue weighted by Crippen LogP contribution is -2.58. The van der Waals surface area contributed by atoms with E-state index in [2.05, 4.69) is 88.6 Å². The van der Waals surface area contributed by atoms with Crippen molar-refractivity contribution in [1.82, 2.24) is 0 Å². The highest BCUT2D eigenvalue weighted by Crippen LogP contribution is 2.57. The Labute approximate surface area is 166 Å². The van der Waals surface area contributed by atoms with E-state index in [1.54, 1.807) is 11.1 Å². The monoisotopic (exact) mass is 394 g/mol. The molecule has 1 aliphatic rings. The Bertz CT molecular complexity index is 539. The molecule has 25 heavy (non-hydrogen) atoms. The van der Waals surface area contributed by atoms with Crippen molar-refractivity contribution in [3.8, 4) is 0 Å². The fourth-order valence-corrected chi connectivity index (χ4v) is 13.5. The van der Waals surface area contributed by atoms with Crippen LogP contribution in [0.5, 0.6) is 0 Å². The summed E-state index contributed by atoms with van der Waals surface area (Å²) in [4.78, 5) is 0. The van der Waals surface area contributed by atoms with E-state index in [0.29, 0.717) is 8.74 Å². The van der Waals surface area contributed by atoms with E-state index >= 15 is 0 Å².